The minimum Gasteiger partial charge on any atom is -0.492 e. The Kier molecular flexibility index (Phi) is 4.16. The molecule has 0 fully saturated rings. The van der Waals surface area contributed by atoms with E-state index in [1.165, 1.54) is 0 Å². The van der Waals surface area contributed by atoms with Crippen LogP contribution >= 0.6 is 0 Å². The first-order valence-corrected chi connectivity index (χ1v) is 6.28. The minimum atomic E-state index is -0.267. The maximum Gasteiger partial charge on any atom is 0.348 e. The Balaban J connectivity index is 2.03. The molecule has 102 valence electrons. The molecule has 0 saturated carbocycles. The molecule has 0 aliphatic heterocycles. The fourth-order valence-electron chi connectivity index (χ4n) is 1.96. The van der Waals surface area contributed by atoms with Crippen LogP contribution in [-0.2, 0) is 6.54 Å². The van der Waals surface area contributed by atoms with Crippen LogP contribution in [0.3, 0.4) is 0 Å². The lowest BCUT2D eigenvalue weighted by Gasteiger charge is -2.11. The molecular formula is C15H15N3O2. The average Bonchev–Trinajstić information content (AvgIpc) is 2.42. The van der Waals surface area contributed by atoms with Crippen LogP contribution in [0.25, 0.3) is 0 Å². The summed E-state index contributed by atoms with van der Waals surface area (Å²) in [6.45, 7) is 4.43. The van der Waals surface area contributed by atoms with Gasteiger partial charge in [0.1, 0.15) is 12.4 Å². The first-order chi connectivity index (χ1) is 9.60. The Morgan fingerprint density at radius 3 is 2.85 bits per heavy atom. The van der Waals surface area contributed by atoms with Crippen LogP contribution in [0.4, 0.5) is 0 Å². The summed E-state index contributed by atoms with van der Waals surface area (Å²) in [5.74, 6) is 0.620. The lowest BCUT2D eigenvalue weighted by Crippen LogP contribution is -2.27. The van der Waals surface area contributed by atoms with E-state index in [1.54, 1.807) is 35.8 Å². The third kappa shape index (κ3) is 3.23. The van der Waals surface area contributed by atoms with Gasteiger partial charge in [-0.1, -0.05) is 6.07 Å². The Bertz CT molecular complexity index is 714. The van der Waals surface area contributed by atoms with Crippen molar-refractivity contribution in [1.29, 1.82) is 5.26 Å². The summed E-state index contributed by atoms with van der Waals surface area (Å²) in [5.41, 5.74) is 1.85. The third-order valence-corrected chi connectivity index (χ3v) is 2.89. The van der Waals surface area contributed by atoms with Crippen molar-refractivity contribution in [3.63, 3.8) is 0 Å². The Morgan fingerprint density at radius 2 is 2.15 bits per heavy atom. The molecule has 0 radical (unpaired) electrons. The number of benzene rings is 1. The van der Waals surface area contributed by atoms with Gasteiger partial charge < -0.3 is 4.74 Å². The van der Waals surface area contributed by atoms with E-state index >= 15 is 0 Å². The molecule has 0 aliphatic rings. The second-order valence-electron chi connectivity index (χ2n) is 4.46. The summed E-state index contributed by atoms with van der Waals surface area (Å²) >= 11 is 0. The molecule has 2 aromatic rings. The fourth-order valence-corrected chi connectivity index (χ4v) is 1.96. The van der Waals surface area contributed by atoms with Crippen molar-refractivity contribution in [1.82, 2.24) is 9.55 Å². The summed E-state index contributed by atoms with van der Waals surface area (Å²) in [4.78, 5) is 15.7. The van der Waals surface area contributed by atoms with E-state index in [1.807, 2.05) is 13.0 Å². The molecule has 0 spiro atoms. The molecule has 1 aromatic carbocycles. The van der Waals surface area contributed by atoms with Gasteiger partial charge in [0.05, 0.1) is 18.2 Å². The minimum absolute atomic E-state index is 0.267. The van der Waals surface area contributed by atoms with E-state index in [0.717, 1.165) is 5.69 Å². The third-order valence-electron chi connectivity index (χ3n) is 2.89. The Labute approximate surface area is 117 Å². The van der Waals surface area contributed by atoms with Crippen molar-refractivity contribution in [2.45, 2.75) is 20.4 Å². The summed E-state index contributed by atoms with van der Waals surface area (Å²) in [7, 11) is 0. The first-order valence-electron chi connectivity index (χ1n) is 6.28. The van der Waals surface area contributed by atoms with Gasteiger partial charge in [-0.3, -0.25) is 4.57 Å². The Hall–Kier alpha value is -2.61. The number of aryl methyl sites for hydroxylation is 2. The molecule has 1 heterocycles. The van der Waals surface area contributed by atoms with Gasteiger partial charge in [0.2, 0.25) is 0 Å². The number of rotatable bonds is 4. The highest BCUT2D eigenvalue weighted by Gasteiger charge is 2.03. The summed E-state index contributed by atoms with van der Waals surface area (Å²) in [5, 5.41) is 8.80. The monoisotopic (exact) mass is 269 g/mol. The highest BCUT2D eigenvalue weighted by atomic mass is 16.5. The molecule has 0 atom stereocenters. The largest absolute Gasteiger partial charge is 0.492 e. The molecule has 0 bridgehead atoms. The predicted octanol–water partition coefficient (Wildman–Crippen LogP) is 1.81. The van der Waals surface area contributed by atoms with Gasteiger partial charge in [-0.15, -0.1) is 0 Å². The lowest BCUT2D eigenvalue weighted by atomic mass is 10.2. The second-order valence-corrected chi connectivity index (χ2v) is 4.46. The maximum atomic E-state index is 11.8. The van der Waals surface area contributed by atoms with Crippen LogP contribution < -0.4 is 10.4 Å². The Morgan fingerprint density at radius 1 is 1.35 bits per heavy atom. The molecule has 2 rings (SSSR count). The smallest absolute Gasteiger partial charge is 0.348 e. The molecule has 5 heteroatoms. The quantitative estimate of drug-likeness (QED) is 0.849. The van der Waals surface area contributed by atoms with E-state index in [2.05, 4.69) is 11.1 Å². The van der Waals surface area contributed by atoms with E-state index in [9.17, 15) is 4.79 Å². The summed E-state index contributed by atoms with van der Waals surface area (Å²) in [6, 6.07) is 10.8. The molecule has 0 amide bonds. The van der Waals surface area contributed by atoms with Crippen LogP contribution in [0.15, 0.2) is 35.1 Å². The molecular weight excluding hydrogens is 254 g/mol. The SMILES string of the molecule is Cc1cc(C)n(CCOc2cccc(C#N)c2)c(=O)n1. The van der Waals surface area contributed by atoms with E-state index in [0.29, 0.717) is 30.2 Å². The summed E-state index contributed by atoms with van der Waals surface area (Å²) in [6.07, 6.45) is 0. The van der Waals surface area contributed by atoms with E-state index in [4.69, 9.17) is 10.00 Å². The second kappa shape index (κ2) is 6.02. The van der Waals surface area contributed by atoms with Crippen molar-refractivity contribution in [2.75, 3.05) is 6.61 Å². The molecule has 20 heavy (non-hydrogen) atoms. The van der Waals surface area contributed by atoms with Crippen LogP contribution in [0.5, 0.6) is 5.75 Å². The number of nitriles is 1. The van der Waals surface area contributed by atoms with E-state index in [-0.39, 0.29) is 5.69 Å². The fraction of sp³-hybridized carbons (Fsp3) is 0.267. The standard InChI is InChI=1S/C15H15N3O2/c1-11-8-12(2)18(15(19)17-11)6-7-20-14-5-3-4-13(9-14)10-16/h3-5,8-9H,6-7H2,1-2H3. The van der Waals surface area contributed by atoms with Crippen molar-refractivity contribution in [3.05, 3.63) is 57.8 Å². The molecule has 1 aromatic heterocycles. The zero-order valence-electron chi connectivity index (χ0n) is 11.5. The first kappa shape index (κ1) is 13.8. The average molecular weight is 269 g/mol. The maximum absolute atomic E-state index is 11.8. The number of aromatic nitrogens is 2. The van der Waals surface area contributed by atoms with Crippen molar-refractivity contribution in [2.24, 2.45) is 0 Å². The van der Waals surface area contributed by atoms with E-state index < -0.39 is 0 Å². The van der Waals surface area contributed by atoms with Gasteiger partial charge in [-0.05, 0) is 38.1 Å². The van der Waals surface area contributed by atoms with Gasteiger partial charge in [0.25, 0.3) is 0 Å². The number of hydrogen-bond donors (Lipinski definition) is 0. The van der Waals surface area contributed by atoms with Crippen LogP contribution in [0.1, 0.15) is 17.0 Å². The normalized spacial score (nSPS) is 10.1. The molecule has 0 saturated heterocycles. The van der Waals surface area contributed by atoms with Gasteiger partial charge >= 0.3 is 5.69 Å². The molecule has 0 aliphatic carbocycles. The van der Waals surface area contributed by atoms with Crippen LogP contribution in [0.2, 0.25) is 0 Å². The summed E-state index contributed by atoms with van der Waals surface area (Å²) < 4.78 is 7.12. The highest BCUT2D eigenvalue weighted by molar-refractivity contribution is 5.36. The predicted molar refractivity (Wildman–Crippen MR) is 74.6 cm³/mol. The number of ether oxygens (including phenoxy) is 1. The molecule has 0 N–H and O–H groups in total. The van der Waals surface area contributed by atoms with Crippen molar-refractivity contribution in [3.8, 4) is 11.8 Å². The van der Waals surface area contributed by atoms with Gasteiger partial charge in [0, 0.05) is 11.4 Å². The highest BCUT2D eigenvalue weighted by Crippen LogP contribution is 2.12. The van der Waals surface area contributed by atoms with Crippen molar-refractivity contribution >= 4 is 0 Å². The molecule has 0 unspecified atom stereocenters. The van der Waals surface area contributed by atoms with Gasteiger partial charge in [-0.25, -0.2) is 4.79 Å². The molecule has 5 nitrogen and oxygen atoms in total. The van der Waals surface area contributed by atoms with Gasteiger partial charge in [0.15, 0.2) is 0 Å². The van der Waals surface area contributed by atoms with Crippen LogP contribution in [0, 0.1) is 25.2 Å². The van der Waals surface area contributed by atoms with Crippen molar-refractivity contribution < 1.29 is 4.74 Å². The number of hydrogen-bond acceptors (Lipinski definition) is 4. The van der Waals surface area contributed by atoms with Crippen LogP contribution in [-0.4, -0.2) is 16.2 Å². The number of nitrogens with zero attached hydrogens (tertiary/aromatic N) is 3. The lowest BCUT2D eigenvalue weighted by molar-refractivity contribution is 0.294. The zero-order chi connectivity index (χ0) is 14.5. The zero-order valence-corrected chi connectivity index (χ0v) is 11.5. The van der Waals surface area contributed by atoms with Gasteiger partial charge in [-0.2, -0.15) is 10.2 Å². The topological polar surface area (TPSA) is 67.9 Å².